The fourth-order valence-corrected chi connectivity index (χ4v) is 1.54. The van der Waals surface area contributed by atoms with Crippen LogP contribution in [0.1, 0.15) is 5.69 Å². The van der Waals surface area contributed by atoms with E-state index >= 15 is 0 Å². The fraction of sp³-hybridized carbons (Fsp3) is 0.182. The first kappa shape index (κ1) is 11.9. The Labute approximate surface area is 102 Å². The van der Waals surface area contributed by atoms with Crippen molar-refractivity contribution in [2.75, 3.05) is 5.32 Å². The number of amides is 1. The van der Waals surface area contributed by atoms with Gasteiger partial charge >= 0.3 is 6.09 Å². The van der Waals surface area contributed by atoms with Crippen molar-refractivity contribution in [1.82, 2.24) is 14.3 Å². The van der Waals surface area contributed by atoms with Crippen molar-refractivity contribution in [2.45, 2.75) is 6.92 Å². The van der Waals surface area contributed by atoms with Crippen LogP contribution in [0.3, 0.4) is 0 Å². The van der Waals surface area contributed by atoms with Gasteiger partial charge in [-0.15, -0.1) is 0 Å². The maximum atomic E-state index is 12.0. The lowest BCUT2D eigenvalue weighted by Gasteiger charge is -2.04. The van der Waals surface area contributed by atoms with E-state index in [9.17, 15) is 9.59 Å². The number of nitrogens with zero attached hydrogens (tertiary/aromatic N) is 3. The summed E-state index contributed by atoms with van der Waals surface area (Å²) < 4.78 is 2.93. The van der Waals surface area contributed by atoms with E-state index in [0.717, 1.165) is 5.69 Å². The summed E-state index contributed by atoms with van der Waals surface area (Å²) in [5.41, 5.74) is 0.430. The highest BCUT2D eigenvalue weighted by Crippen LogP contribution is 2.07. The lowest BCUT2D eigenvalue weighted by Crippen LogP contribution is -2.23. The van der Waals surface area contributed by atoms with E-state index in [1.165, 1.54) is 16.8 Å². The zero-order chi connectivity index (χ0) is 13.3. The number of carbonyl (C=O) groups is 1. The first-order valence-electron chi connectivity index (χ1n) is 5.21. The third kappa shape index (κ3) is 2.10. The first-order chi connectivity index (χ1) is 8.49. The quantitative estimate of drug-likeness (QED) is 0.828. The summed E-state index contributed by atoms with van der Waals surface area (Å²) in [6.45, 7) is 1.86. The highest BCUT2D eigenvalue weighted by molar-refractivity contribution is 5.82. The average molecular weight is 248 g/mol. The number of aryl methyl sites for hydroxylation is 2. The van der Waals surface area contributed by atoms with Crippen molar-refractivity contribution in [2.24, 2.45) is 7.05 Å². The monoisotopic (exact) mass is 248 g/mol. The molecule has 1 amide bonds. The van der Waals surface area contributed by atoms with Crippen LogP contribution in [0.25, 0.3) is 5.82 Å². The van der Waals surface area contributed by atoms with Crippen molar-refractivity contribution in [3.8, 4) is 5.82 Å². The lowest BCUT2D eigenvalue weighted by atomic mass is 10.4. The van der Waals surface area contributed by atoms with Gasteiger partial charge in [-0.2, -0.15) is 5.10 Å². The Kier molecular flexibility index (Phi) is 2.88. The number of hydrogen-bond acceptors (Lipinski definition) is 3. The maximum absolute atomic E-state index is 12.0. The molecule has 0 spiro atoms. The molecule has 2 aromatic rings. The van der Waals surface area contributed by atoms with Gasteiger partial charge in [0.25, 0.3) is 5.56 Å². The van der Waals surface area contributed by atoms with Crippen LogP contribution in [0.15, 0.2) is 29.2 Å². The molecule has 0 atom stereocenters. The van der Waals surface area contributed by atoms with Crippen LogP contribution in [-0.2, 0) is 7.05 Å². The van der Waals surface area contributed by atoms with Gasteiger partial charge in [-0.1, -0.05) is 0 Å². The van der Waals surface area contributed by atoms with Crippen molar-refractivity contribution >= 4 is 11.8 Å². The second-order valence-electron chi connectivity index (χ2n) is 3.79. The fourth-order valence-electron chi connectivity index (χ4n) is 1.54. The van der Waals surface area contributed by atoms with Gasteiger partial charge in [0.2, 0.25) is 0 Å². The molecule has 0 radical (unpaired) electrons. The van der Waals surface area contributed by atoms with Crippen LogP contribution in [-0.4, -0.2) is 25.5 Å². The number of anilines is 1. The molecule has 0 bridgehead atoms. The summed E-state index contributed by atoms with van der Waals surface area (Å²) in [7, 11) is 1.77. The summed E-state index contributed by atoms with van der Waals surface area (Å²) in [6.07, 6.45) is 0.263. The number of aromatic nitrogens is 3. The average Bonchev–Trinajstić information content (AvgIpc) is 2.61. The van der Waals surface area contributed by atoms with Gasteiger partial charge in [-0.3, -0.25) is 19.4 Å². The summed E-state index contributed by atoms with van der Waals surface area (Å²) in [6, 6.07) is 4.73. The molecule has 2 rings (SSSR count). The topological polar surface area (TPSA) is 89.2 Å². The molecule has 0 aromatic carbocycles. The number of rotatable bonds is 2. The smallest absolute Gasteiger partial charge is 0.409 e. The number of nitrogens with one attached hydrogen (secondary N) is 1. The van der Waals surface area contributed by atoms with Crippen LogP contribution in [0.5, 0.6) is 0 Å². The van der Waals surface area contributed by atoms with E-state index in [1.54, 1.807) is 23.9 Å². The van der Waals surface area contributed by atoms with E-state index in [0.29, 0.717) is 5.82 Å². The minimum Gasteiger partial charge on any atom is -0.465 e. The number of hydrogen-bond donors (Lipinski definition) is 2. The van der Waals surface area contributed by atoms with E-state index in [1.807, 2.05) is 6.92 Å². The second-order valence-corrected chi connectivity index (χ2v) is 3.79. The van der Waals surface area contributed by atoms with Crippen LogP contribution in [0.4, 0.5) is 10.5 Å². The predicted octanol–water partition coefficient (Wildman–Crippen LogP) is 0.969. The molecule has 0 saturated heterocycles. The lowest BCUT2D eigenvalue weighted by molar-refractivity contribution is 0.209. The van der Waals surface area contributed by atoms with Crippen LogP contribution in [0.2, 0.25) is 0 Å². The zero-order valence-corrected chi connectivity index (χ0v) is 9.91. The van der Waals surface area contributed by atoms with Crippen LogP contribution < -0.4 is 10.9 Å². The largest absolute Gasteiger partial charge is 0.465 e. The summed E-state index contributed by atoms with van der Waals surface area (Å²) in [5.74, 6) is 0.453. The third-order valence-corrected chi connectivity index (χ3v) is 2.54. The Morgan fingerprint density at radius 1 is 1.50 bits per heavy atom. The zero-order valence-electron chi connectivity index (χ0n) is 9.91. The molecule has 0 fully saturated rings. The van der Waals surface area contributed by atoms with Crippen LogP contribution in [0, 0.1) is 6.92 Å². The highest BCUT2D eigenvalue weighted by Gasteiger charge is 2.09. The Bertz CT molecular complexity index is 637. The molecule has 0 aliphatic heterocycles. The molecular weight excluding hydrogens is 236 g/mol. The van der Waals surface area contributed by atoms with Gasteiger partial charge in [0.05, 0.1) is 0 Å². The summed E-state index contributed by atoms with van der Waals surface area (Å²) in [4.78, 5) is 22.6. The van der Waals surface area contributed by atoms with E-state index in [4.69, 9.17) is 5.11 Å². The van der Waals surface area contributed by atoms with Gasteiger partial charge in [0.15, 0.2) is 5.82 Å². The molecule has 7 nitrogen and oxygen atoms in total. The normalized spacial score (nSPS) is 10.3. The molecule has 2 aromatic heterocycles. The van der Waals surface area contributed by atoms with Gasteiger partial charge < -0.3 is 5.11 Å². The third-order valence-electron chi connectivity index (χ3n) is 2.54. The number of carboxylic acid groups (broad SMARTS) is 1. The van der Waals surface area contributed by atoms with Crippen molar-refractivity contribution in [3.63, 3.8) is 0 Å². The van der Waals surface area contributed by atoms with Crippen molar-refractivity contribution in [3.05, 3.63) is 40.4 Å². The van der Waals surface area contributed by atoms with Gasteiger partial charge in [-0.05, 0) is 19.1 Å². The Morgan fingerprint density at radius 2 is 2.22 bits per heavy atom. The molecule has 0 unspecified atom stereocenters. The molecule has 7 heteroatoms. The van der Waals surface area contributed by atoms with E-state index < -0.39 is 11.7 Å². The Balaban J connectivity index is 2.52. The number of pyridine rings is 1. The maximum Gasteiger partial charge on any atom is 0.409 e. The highest BCUT2D eigenvalue weighted by atomic mass is 16.4. The molecule has 0 aliphatic carbocycles. The predicted molar refractivity (Wildman–Crippen MR) is 65.2 cm³/mol. The van der Waals surface area contributed by atoms with Crippen LogP contribution >= 0.6 is 0 Å². The van der Waals surface area contributed by atoms with Gasteiger partial charge in [0, 0.05) is 25.0 Å². The SMILES string of the molecule is Cc1cc(-n2cccc(NC(=O)O)c2=O)nn1C. The first-order valence-corrected chi connectivity index (χ1v) is 5.21. The summed E-state index contributed by atoms with van der Waals surface area (Å²) >= 11 is 0. The second kappa shape index (κ2) is 4.36. The summed E-state index contributed by atoms with van der Waals surface area (Å²) in [5, 5.41) is 14.8. The van der Waals surface area contributed by atoms with Gasteiger partial charge in [-0.25, -0.2) is 4.79 Å². The Hall–Kier alpha value is -2.57. The molecule has 0 saturated carbocycles. The minimum absolute atomic E-state index is 0.00620. The van der Waals surface area contributed by atoms with E-state index in [2.05, 4.69) is 10.4 Å². The van der Waals surface area contributed by atoms with E-state index in [-0.39, 0.29) is 5.69 Å². The van der Waals surface area contributed by atoms with Crippen molar-refractivity contribution < 1.29 is 9.90 Å². The molecule has 0 aliphatic rings. The minimum atomic E-state index is -1.28. The standard InChI is InChI=1S/C11H12N4O3/c1-7-6-9(13-14(7)2)15-5-3-4-8(10(15)16)12-11(17)18/h3-6,12H,1-2H3,(H,17,18). The molecule has 94 valence electrons. The Morgan fingerprint density at radius 3 is 2.78 bits per heavy atom. The van der Waals surface area contributed by atoms with Crippen molar-refractivity contribution in [1.29, 1.82) is 0 Å². The molecular formula is C11H12N4O3. The van der Waals surface area contributed by atoms with Gasteiger partial charge in [0.1, 0.15) is 5.69 Å². The molecule has 18 heavy (non-hydrogen) atoms. The molecule has 2 heterocycles. The molecule has 2 N–H and O–H groups in total.